The second-order valence-electron chi connectivity index (χ2n) is 4.66. The van der Waals surface area contributed by atoms with Crippen molar-refractivity contribution in [2.45, 2.75) is 13.3 Å². The Hall–Kier alpha value is -1.86. The smallest absolute Gasteiger partial charge is 0.221 e. The molecule has 0 atom stereocenters. The number of nitrogens with two attached hydrogens (primary N) is 1. The molecular weight excluding hydrogens is 288 g/mol. The summed E-state index contributed by atoms with van der Waals surface area (Å²) < 4.78 is 5.95. The second kappa shape index (κ2) is 7.24. The number of benzene rings is 1. The van der Waals surface area contributed by atoms with Crippen molar-refractivity contribution >= 4 is 38.8 Å². The molecule has 0 unspecified atom stereocenters. The number of nitrogens with one attached hydrogen (secondary N) is 2. The molecular formula is C14H20N4O2S. The molecule has 0 aliphatic carbocycles. The van der Waals surface area contributed by atoms with Gasteiger partial charge in [-0.1, -0.05) is 0 Å². The first kappa shape index (κ1) is 15.5. The Kier molecular flexibility index (Phi) is 5.35. The monoisotopic (exact) mass is 308 g/mol. The molecule has 4 N–H and O–H groups in total. The van der Waals surface area contributed by atoms with Gasteiger partial charge in [0.05, 0.1) is 33.2 Å². The number of nitrogen functional groups attached to an aromatic ring is 1. The molecule has 0 saturated heterocycles. The van der Waals surface area contributed by atoms with E-state index in [9.17, 15) is 4.79 Å². The van der Waals surface area contributed by atoms with Crippen LogP contribution in [0.3, 0.4) is 0 Å². The van der Waals surface area contributed by atoms with E-state index in [4.69, 9.17) is 10.5 Å². The molecule has 2 aromatic rings. The number of nitrogens with zero attached hydrogens (tertiary/aromatic N) is 1. The number of hydrogen-bond donors (Lipinski definition) is 3. The summed E-state index contributed by atoms with van der Waals surface area (Å²) in [5.74, 6) is -0.0105. The van der Waals surface area contributed by atoms with E-state index in [1.165, 1.54) is 0 Å². The van der Waals surface area contributed by atoms with Gasteiger partial charge in [0, 0.05) is 26.6 Å². The number of methoxy groups -OCH3 is 1. The lowest BCUT2D eigenvalue weighted by molar-refractivity contribution is -0.121. The minimum absolute atomic E-state index is 0.0105. The Morgan fingerprint density at radius 1 is 1.43 bits per heavy atom. The number of fused-ring (bicyclic) bond motifs is 1. The average Bonchev–Trinajstić information content (AvgIpc) is 2.78. The third kappa shape index (κ3) is 4.30. The number of aromatic nitrogens is 1. The van der Waals surface area contributed by atoms with Gasteiger partial charge in [-0.05, 0) is 19.1 Å². The van der Waals surface area contributed by atoms with Crippen LogP contribution in [-0.2, 0) is 9.53 Å². The SMILES string of the molecule is COCCNC(=O)CCNc1cc2nc(C)sc2cc1N. The Morgan fingerprint density at radius 3 is 3.00 bits per heavy atom. The molecule has 7 heteroatoms. The number of aryl methyl sites for hydroxylation is 1. The molecule has 0 aliphatic heterocycles. The van der Waals surface area contributed by atoms with E-state index in [0.29, 0.717) is 31.8 Å². The number of hydrogen-bond acceptors (Lipinski definition) is 6. The van der Waals surface area contributed by atoms with E-state index < -0.39 is 0 Å². The molecule has 1 aromatic heterocycles. The summed E-state index contributed by atoms with van der Waals surface area (Å²) in [6.07, 6.45) is 0.386. The van der Waals surface area contributed by atoms with Gasteiger partial charge >= 0.3 is 0 Å². The fourth-order valence-electron chi connectivity index (χ4n) is 1.95. The van der Waals surface area contributed by atoms with Crippen LogP contribution in [0.25, 0.3) is 10.2 Å². The van der Waals surface area contributed by atoms with Gasteiger partial charge < -0.3 is 21.1 Å². The van der Waals surface area contributed by atoms with Crippen molar-refractivity contribution in [2.24, 2.45) is 0 Å². The lowest BCUT2D eigenvalue weighted by Crippen LogP contribution is -2.28. The van der Waals surface area contributed by atoms with E-state index in [1.807, 2.05) is 19.1 Å². The predicted molar refractivity (Wildman–Crippen MR) is 86.8 cm³/mol. The molecule has 0 spiro atoms. The molecule has 21 heavy (non-hydrogen) atoms. The lowest BCUT2D eigenvalue weighted by Gasteiger charge is -2.09. The standard InChI is InChI=1S/C14H20N4O2S/c1-9-18-12-8-11(10(15)7-13(12)21-9)16-4-3-14(19)17-5-6-20-2/h7-8,16H,3-6,15H2,1-2H3,(H,17,19). The molecule has 0 aliphatic rings. The summed E-state index contributed by atoms with van der Waals surface area (Å²) in [6, 6.07) is 3.85. The van der Waals surface area contributed by atoms with Crippen LogP contribution >= 0.6 is 11.3 Å². The summed E-state index contributed by atoms with van der Waals surface area (Å²) in [5, 5.41) is 6.97. The quantitative estimate of drug-likeness (QED) is 0.535. The van der Waals surface area contributed by atoms with E-state index in [1.54, 1.807) is 18.4 Å². The van der Waals surface area contributed by atoms with Gasteiger partial charge in [0.1, 0.15) is 0 Å². The highest BCUT2D eigenvalue weighted by molar-refractivity contribution is 7.18. The van der Waals surface area contributed by atoms with Gasteiger partial charge in [-0.2, -0.15) is 0 Å². The van der Waals surface area contributed by atoms with Crippen LogP contribution in [0.5, 0.6) is 0 Å². The molecule has 6 nitrogen and oxygen atoms in total. The van der Waals surface area contributed by atoms with E-state index in [-0.39, 0.29) is 5.91 Å². The van der Waals surface area contributed by atoms with E-state index in [2.05, 4.69) is 15.6 Å². The van der Waals surface area contributed by atoms with Gasteiger partial charge in [-0.25, -0.2) is 4.98 Å². The summed E-state index contributed by atoms with van der Waals surface area (Å²) in [4.78, 5) is 16.0. The van der Waals surface area contributed by atoms with Crippen LogP contribution in [-0.4, -0.2) is 37.7 Å². The van der Waals surface area contributed by atoms with Crippen molar-refractivity contribution in [3.05, 3.63) is 17.1 Å². The third-order valence-corrected chi connectivity index (χ3v) is 3.90. The van der Waals surface area contributed by atoms with Crippen LogP contribution < -0.4 is 16.4 Å². The first-order valence-electron chi connectivity index (χ1n) is 6.76. The number of thiazole rings is 1. The van der Waals surface area contributed by atoms with Gasteiger partial charge in [0.2, 0.25) is 5.91 Å². The highest BCUT2D eigenvalue weighted by Gasteiger charge is 2.07. The number of anilines is 2. The van der Waals surface area contributed by atoms with Crippen molar-refractivity contribution in [1.82, 2.24) is 10.3 Å². The fourth-order valence-corrected chi connectivity index (χ4v) is 2.81. The number of carbonyl (C=O) groups is 1. The summed E-state index contributed by atoms with van der Waals surface area (Å²) in [7, 11) is 1.60. The van der Waals surface area contributed by atoms with Gasteiger partial charge in [-0.3, -0.25) is 4.79 Å². The maximum atomic E-state index is 11.6. The van der Waals surface area contributed by atoms with Crippen molar-refractivity contribution in [3.63, 3.8) is 0 Å². The molecule has 1 amide bonds. The van der Waals surface area contributed by atoms with Crippen molar-refractivity contribution in [3.8, 4) is 0 Å². The van der Waals surface area contributed by atoms with Crippen LogP contribution in [0.15, 0.2) is 12.1 Å². The fraction of sp³-hybridized carbons (Fsp3) is 0.429. The van der Waals surface area contributed by atoms with Crippen LogP contribution in [0.1, 0.15) is 11.4 Å². The predicted octanol–water partition coefficient (Wildman–Crippen LogP) is 1.75. The summed E-state index contributed by atoms with van der Waals surface area (Å²) in [5.41, 5.74) is 8.43. The van der Waals surface area contributed by atoms with Crippen LogP contribution in [0.4, 0.5) is 11.4 Å². The van der Waals surface area contributed by atoms with Gasteiger partial charge in [0.25, 0.3) is 0 Å². The third-order valence-electron chi connectivity index (χ3n) is 2.96. The highest BCUT2D eigenvalue weighted by Crippen LogP contribution is 2.29. The molecule has 114 valence electrons. The minimum Gasteiger partial charge on any atom is -0.397 e. The zero-order chi connectivity index (χ0) is 15.2. The van der Waals surface area contributed by atoms with Crippen molar-refractivity contribution in [1.29, 1.82) is 0 Å². The maximum Gasteiger partial charge on any atom is 0.221 e. The molecule has 0 saturated carbocycles. The van der Waals surface area contributed by atoms with Crippen LogP contribution in [0.2, 0.25) is 0 Å². The van der Waals surface area contributed by atoms with Crippen molar-refractivity contribution < 1.29 is 9.53 Å². The highest BCUT2D eigenvalue weighted by atomic mass is 32.1. The number of rotatable bonds is 7. The molecule has 1 aromatic carbocycles. The largest absolute Gasteiger partial charge is 0.397 e. The normalized spacial score (nSPS) is 10.8. The van der Waals surface area contributed by atoms with Gasteiger partial charge in [-0.15, -0.1) is 11.3 Å². The molecule has 0 radical (unpaired) electrons. The summed E-state index contributed by atoms with van der Waals surface area (Å²) in [6.45, 7) is 3.55. The zero-order valence-corrected chi connectivity index (χ0v) is 13.0. The van der Waals surface area contributed by atoms with Crippen molar-refractivity contribution in [2.75, 3.05) is 37.9 Å². The topological polar surface area (TPSA) is 89.3 Å². The van der Waals surface area contributed by atoms with E-state index in [0.717, 1.165) is 20.9 Å². The molecule has 0 bridgehead atoms. The maximum absolute atomic E-state index is 11.6. The molecule has 2 rings (SSSR count). The molecule has 1 heterocycles. The Labute approximate surface area is 127 Å². The number of carbonyl (C=O) groups excluding carboxylic acids is 1. The van der Waals surface area contributed by atoms with E-state index >= 15 is 0 Å². The first-order valence-corrected chi connectivity index (χ1v) is 7.58. The average molecular weight is 308 g/mol. The second-order valence-corrected chi connectivity index (χ2v) is 5.89. The Bertz CT molecular complexity index is 627. The van der Waals surface area contributed by atoms with Gasteiger partial charge in [0.15, 0.2) is 0 Å². The van der Waals surface area contributed by atoms with Crippen LogP contribution in [0, 0.1) is 6.92 Å². The Morgan fingerprint density at radius 2 is 2.24 bits per heavy atom. The number of amides is 1. The summed E-state index contributed by atoms with van der Waals surface area (Å²) >= 11 is 1.62. The Balaban J connectivity index is 1.88. The number of ether oxygens (including phenoxy) is 1. The lowest BCUT2D eigenvalue weighted by atomic mass is 10.2. The zero-order valence-electron chi connectivity index (χ0n) is 12.2. The molecule has 0 fully saturated rings. The minimum atomic E-state index is -0.0105. The first-order chi connectivity index (χ1) is 10.1.